The molecule has 1 aliphatic rings. The van der Waals surface area contributed by atoms with Gasteiger partial charge in [0, 0.05) is 17.9 Å². The predicted octanol–water partition coefficient (Wildman–Crippen LogP) is 4.70. The van der Waals surface area contributed by atoms with Crippen LogP contribution in [0.1, 0.15) is 18.4 Å². The van der Waals surface area contributed by atoms with E-state index in [1.807, 2.05) is 10.6 Å². The maximum Gasteiger partial charge on any atom is 0.191 e. The summed E-state index contributed by atoms with van der Waals surface area (Å²) >= 11 is 1.48. The van der Waals surface area contributed by atoms with E-state index in [4.69, 9.17) is 9.47 Å². The number of rotatable bonds is 7. The molecular formula is C21H21F2N3O2S. The Labute approximate surface area is 172 Å². The van der Waals surface area contributed by atoms with Gasteiger partial charge in [-0.05, 0) is 54.8 Å². The lowest BCUT2D eigenvalue weighted by Crippen LogP contribution is -2.16. The van der Waals surface area contributed by atoms with Crippen LogP contribution in [0.5, 0.6) is 5.75 Å². The molecule has 5 nitrogen and oxygen atoms in total. The van der Waals surface area contributed by atoms with E-state index in [-0.39, 0.29) is 17.7 Å². The molecule has 1 saturated heterocycles. The summed E-state index contributed by atoms with van der Waals surface area (Å²) < 4.78 is 40.1. The van der Waals surface area contributed by atoms with E-state index in [2.05, 4.69) is 10.2 Å². The third-order valence-electron chi connectivity index (χ3n) is 4.81. The van der Waals surface area contributed by atoms with Gasteiger partial charge in [-0.2, -0.15) is 0 Å². The van der Waals surface area contributed by atoms with Gasteiger partial charge < -0.3 is 9.47 Å². The molecule has 29 heavy (non-hydrogen) atoms. The number of thioether (sulfide) groups is 1. The maximum absolute atomic E-state index is 14.0. The fourth-order valence-corrected chi connectivity index (χ4v) is 4.20. The molecule has 1 aliphatic heterocycles. The van der Waals surface area contributed by atoms with Crippen molar-refractivity contribution in [1.29, 1.82) is 0 Å². The minimum absolute atomic E-state index is 0.1000. The van der Waals surface area contributed by atoms with E-state index >= 15 is 0 Å². The number of halogens is 2. The molecule has 4 rings (SSSR count). The molecular weight excluding hydrogens is 396 g/mol. The van der Waals surface area contributed by atoms with Gasteiger partial charge in [0.2, 0.25) is 0 Å². The number of ether oxygens (including phenoxy) is 2. The lowest BCUT2D eigenvalue weighted by molar-refractivity contribution is 0.0953. The number of hydrogen-bond acceptors (Lipinski definition) is 5. The first-order chi connectivity index (χ1) is 14.1. The number of hydrogen-bond donors (Lipinski definition) is 0. The van der Waals surface area contributed by atoms with Gasteiger partial charge in [0.25, 0.3) is 0 Å². The number of methoxy groups -OCH3 is 1. The van der Waals surface area contributed by atoms with Crippen LogP contribution in [0.3, 0.4) is 0 Å². The molecule has 8 heteroatoms. The van der Waals surface area contributed by atoms with Crippen LogP contribution in [-0.2, 0) is 17.0 Å². The molecule has 152 valence electrons. The van der Waals surface area contributed by atoms with Crippen molar-refractivity contribution < 1.29 is 18.3 Å². The molecule has 0 N–H and O–H groups in total. The largest absolute Gasteiger partial charge is 0.494 e. The molecule has 0 spiro atoms. The van der Waals surface area contributed by atoms with Crippen LogP contribution < -0.4 is 4.74 Å². The average Bonchev–Trinajstić information content (AvgIpc) is 3.38. The van der Waals surface area contributed by atoms with Crippen LogP contribution >= 0.6 is 11.8 Å². The topological polar surface area (TPSA) is 49.2 Å². The molecule has 0 unspecified atom stereocenters. The van der Waals surface area contributed by atoms with Crippen molar-refractivity contribution in [3.05, 3.63) is 59.7 Å². The van der Waals surface area contributed by atoms with Gasteiger partial charge >= 0.3 is 0 Å². The first kappa shape index (κ1) is 19.8. The quantitative estimate of drug-likeness (QED) is 0.522. The Bertz CT molecular complexity index is 973. The first-order valence-electron chi connectivity index (χ1n) is 9.40. The normalized spacial score (nSPS) is 16.3. The molecule has 1 atom stereocenters. The minimum Gasteiger partial charge on any atom is -0.494 e. The van der Waals surface area contributed by atoms with Gasteiger partial charge in [-0.15, -0.1) is 10.2 Å². The Balaban J connectivity index is 1.58. The fraction of sp³-hybridized carbons (Fsp3) is 0.333. The Morgan fingerprint density at radius 2 is 2.00 bits per heavy atom. The molecule has 0 aliphatic carbocycles. The highest BCUT2D eigenvalue weighted by Gasteiger charge is 2.22. The zero-order valence-corrected chi connectivity index (χ0v) is 16.8. The number of aromatic nitrogens is 3. The average molecular weight is 417 g/mol. The molecule has 1 fully saturated rings. The second-order valence-electron chi connectivity index (χ2n) is 6.82. The highest BCUT2D eigenvalue weighted by molar-refractivity contribution is 7.98. The maximum atomic E-state index is 14.0. The summed E-state index contributed by atoms with van der Waals surface area (Å²) in [5, 5.41) is 9.39. The monoisotopic (exact) mass is 417 g/mol. The van der Waals surface area contributed by atoms with Crippen molar-refractivity contribution >= 4 is 11.8 Å². The van der Waals surface area contributed by atoms with Crippen molar-refractivity contribution in [3.63, 3.8) is 0 Å². The van der Waals surface area contributed by atoms with Gasteiger partial charge in [-0.3, -0.25) is 4.57 Å². The Kier molecular flexibility index (Phi) is 6.10. The summed E-state index contributed by atoms with van der Waals surface area (Å²) in [6, 6.07) is 11.1. The third kappa shape index (κ3) is 4.59. The standard InChI is InChI=1S/C21H21F2N3O2S/c1-27-19-9-4-14(11-18(19)23)13-29-21-25-24-20(15-5-7-16(22)8-6-15)26(21)12-17-3-2-10-28-17/h4-9,11,17H,2-3,10,12-13H2,1H3/t17-/m1/s1. The van der Waals surface area contributed by atoms with Crippen LogP contribution in [0.2, 0.25) is 0 Å². The van der Waals surface area contributed by atoms with Crippen molar-refractivity contribution in [3.8, 4) is 17.1 Å². The van der Waals surface area contributed by atoms with Gasteiger partial charge in [-0.25, -0.2) is 8.78 Å². The SMILES string of the molecule is COc1ccc(CSc2nnc(-c3ccc(F)cc3)n2C[C@H]2CCCO2)cc1F. The molecule has 2 aromatic carbocycles. The van der Waals surface area contributed by atoms with Gasteiger partial charge in [0.1, 0.15) is 5.82 Å². The van der Waals surface area contributed by atoms with E-state index in [1.165, 1.54) is 37.1 Å². The van der Waals surface area contributed by atoms with E-state index < -0.39 is 5.82 Å². The second-order valence-corrected chi connectivity index (χ2v) is 7.76. The van der Waals surface area contributed by atoms with Gasteiger partial charge in [-0.1, -0.05) is 17.8 Å². The Morgan fingerprint density at radius 1 is 1.17 bits per heavy atom. The van der Waals surface area contributed by atoms with E-state index in [9.17, 15) is 8.78 Å². The van der Waals surface area contributed by atoms with Gasteiger partial charge in [0.05, 0.1) is 19.8 Å². The Morgan fingerprint density at radius 3 is 2.69 bits per heavy atom. The number of nitrogens with zero attached hydrogens (tertiary/aromatic N) is 3. The van der Waals surface area contributed by atoms with Gasteiger partial charge in [0.15, 0.2) is 22.5 Å². The third-order valence-corrected chi connectivity index (χ3v) is 5.85. The summed E-state index contributed by atoms with van der Waals surface area (Å²) in [6.45, 7) is 1.38. The Hall–Kier alpha value is -2.45. The molecule has 0 bridgehead atoms. The molecule has 3 aromatic rings. The number of benzene rings is 2. The van der Waals surface area contributed by atoms with Crippen molar-refractivity contribution in [1.82, 2.24) is 14.8 Å². The fourth-order valence-electron chi connectivity index (χ4n) is 3.31. The van der Waals surface area contributed by atoms with Crippen LogP contribution in [0.4, 0.5) is 8.78 Å². The van der Waals surface area contributed by atoms with Crippen molar-refractivity contribution in [2.75, 3.05) is 13.7 Å². The van der Waals surface area contributed by atoms with Crippen LogP contribution in [0.25, 0.3) is 11.4 Å². The molecule has 1 aromatic heterocycles. The van der Waals surface area contributed by atoms with E-state index in [0.717, 1.165) is 35.7 Å². The molecule has 0 saturated carbocycles. The summed E-state index contributed by atoms with van der Waals surface area (Å²) in [7, 11) is 1.44. The lowest BCUT2D eigenvalue weighted by Gasteiger charge is -2.15. The van der Waals surface area contributed by atoms with Crippen molar-refractivity contribution in [2.45, 2.75) is 36.4 Å². The van der Waals surface area contributed by atoms with Crippen LogP contribution in [-0.4, -0.2) is 34.6 Å². The zero-order chi connectivity index (χ0) is 20.2. The highest BCUT2D eigenvalue weighted by Crippen LogP contribution is 2.29. The van der Waals surface area contributed by atoms with E-state index in [0.29, 0.717) is 18.1 Å². The molecule has 0 radical (unpaired) electrons. The van der Waals surface area contributed by atoms with Crippen LogP contribution in [0.15, 0.2) is 47.6 Å². The minimum atomic E-state index is -0.390. The summed E-state index contributed by atoms with van der Waals surface area (Å²) in [6.07, 6.45) is 2.11. The zero-order valence-electron chi connectivity index (χ0n) is 16.0. The van der Waals surface area contributed by atoms with Crippen LogP contribution in [0, 0.1) is 11.6 Å². The van der Waals surface area contributed by atoms with E-state index in [1.54, 1.807) is 18.2 Å². The molecule has 0 amide bonds. The predicted molar refractivity (Wildman–Crippen MR) is 107 cm³/mol. The summed E-state index contributed by atoms with van der Waals surface area (Å²) in [5.41, 5.74) is 1.61. The summed E-state index contributed by atoms with van der Waals surface area (Å²) in [4.78, 5) is 0. The first-order valence-corrected chi connectivity index (χ1v) is 10.4. The lowest BCUT2D eigenvalue weighted by atomic mass is 10.2. The summed E-state index contributed by atoms with van der Waals surface area (Å²) in [5.74, 6) is 0.741. The smallest absolute Gasteiger partial charge is 0.191 e. The second kappa shape index (κ2) is 8.92. The van der Waals surface area contributed by atoms with Crippen molar-refractivity contribution in [2.24, 2.45) is 0 Å². The molecule has 2 heterocycles. The highest BCUT2D eigenvalue weighted by atomic mass is 32.2.